The van der Waals surface area contributed by atoms with Gasteiger partial charge in [0, 0.05) is 25.7 Å². The molecule has 0 aromatic carbocycles. The van der Waals surface area contributed by atoms with E-state index in [1.165, 1.54) is 0 Å². The van der Waals surface area contributed by atoms with Gasteiger partial charge < -0.3 is 20.2 Å². The zero-order valence-electron chi connectivity index (χ0n) is 11.8. The van der Waals surface area contributed by atoms with Gasteiger partial charge in [0.05, 0.1) is 0 Å². The first-order valence-corrected chi connectivity index (χ1v) is 7.82. The molecule has 1 rings (SSSR count). The van der Waals surface area contributed by atoms with Gasteiger partial charge in [0.15, 0.2) is 0 Å². The molecular formula is C12H23N3O3S. The first kappa shape index (κ1) is 16.1. The smallest absolute Gasteiger partial charge is 0.326 e. The van der Waals surface area contributed by atoms with E-state index in [0.717, 1.165) is 18.8 Å². The summed E-state index contributed by atoms with van der Waals surface area (Å²) in [7, 11) is 2.02. The van der Waals surface area contributed by atoms with Crippen LogP contribution in [0.15, 0.2) is 0 Å². The van der Waals surface area contributed by atoms with E-state index in [-0.39, 0.29) is 12.1 Å². The van der Waals surface area contributed by atoms with Crippen molar-refractivity contribution in [3.63, 3.8) is 0 Å². The maximum absolute atomic E-state index is 12.1. The Bertz CT molecular complexity index is 327. The molecule has 6 nitrogen and oxygen atoms in total. The fourth-order valence-electron chi connectivity index (χ4n) is 2.17. The predicted octanol–water partition coefficient (Wildman–Crippen LogP) is 0.538. The third-order valence-corrected chi connectivity index (χ3v) is 3.94. The van der Waals surface area contributed by atoms with Crippen molar-refractivity contribution in [2.75, 3.05) is 38.7 Å². The second-order valence-electron chi connectivity index (χ2n) is 4.93. The minimum Gasteiger partial charge on any atom is -0.480 e. The Morgan fingerprint density at radius 2 is 2.16 bits per heavy atom. The number of nitrogens with zero attached hydrogens (tertiary/aromatic N) is 2. The van der Waals surface area contributed by atoms with Crippen LogP contribution in [0, 0.1) is 0 Å². The molecule has 0 aromatic heterocycles. The zero-order valence-corrected chi connectivity index (χ0v) is 12.6. The normalized spacial score (nSPS) is 22.1. The lowest BCUT2D eigenvalue weighted by Crippen LogP contribution is -2.57. The van der Waals surface area contributed by atoms with Crippen LogP contribution in [0.3, 0.4) is 0 Å². The van der Waals surface area contributed by atoms with E-state index in [1.54, 1.807) is 16.7 Å². The van der Waals surface area contributed by atoms with Crippen molar-refractivity contribution in [1.82, 2.24) is 15.1 Å². The molecule has 1 fully saturated rings. The number of carboxylic acid groups (broad SMARTS) is 1. The molecule has 0 radical (unpaired) electrons. The average Bonchev–Trinajstić information content (AvgIpc) is 2.33. The third-order valence-electron chi connectivity index (χ3n) is 3.30. The van der Waals surface area contributed by atoms with E-state index in [9.17, 15) is 9.59 Å². The molecule has 0 bridgehead atoms. The van der Waals surface area contributed by atoms with Gasteiger partial charge in [0.2, 0.25) is 0 Å². The Balaban J connectivity index is 2.53. The summed E-state index contributed by atoms with van der Waals surface area (Å²) in [6, 6.07) is -0.963. The van der Waals surface area contributed by atoms with Crippen LogP contribution in [0.5, 0.6) is 0 Å². The van der Waals surface area contributed by atoms with Crippen LogP contribution in [0.2, 0.25) is 0 Å². The summed E-state index contributed by atoms with van der Waals surface area (Å²) in [6.07, 6.45) is 2.37. The van der Waals surface area contributed by atoms with Crippen LogP contribution in [-0.4, -0.2) is 77.7 Å². The quantitative estimate of drug-likeness (QED) is 0.773. The molecule has 19 heavy (non-hydrogen) atoms. The molecule has 0 aromatic rings. The lowest BCUT2D eigenvalue weighted by Gasteiger charge is -2.38. The highest BCUT2D eigenvalue weighted by Crippen LogP contribution is 2.09. The maximum atomic E-state index is 12.1. The van der Waals surface area contributed by atoms with Gasteiger partial charge in [-0.05, 0) is 32.4 Å². The first-order valence-electron chi connectivity index (χ1n) is 6.43. The van der Waals surface area contributed by atoms with Gasteiger partial charge in [-0.15, -0.1) is 0 Å². The van der Waals surface area contributed by atoms with Gasteiger partial charge in [-0.3, -0.25) is 0 Å². The van der Waals surface area contributed by atoms with Crippen LogP contribution >= 0.6 is 11.8 Å². The van der Waals surface area contributed by atoms with Gasteiger partial charge in [0.1, 0.15) is 6.04 Å². The van der Waals surface area contributed by atoms with Crippen molar-refractivity contribution in [1.29, 1.82) is 0 Å². The second-order valence-corrected chi connectivity index (χ2v) is 5.91. The third kappa shape index (κ3) is 4.91. The van der Waals surface area contributed by atoms with Crippen LogP contribution in [0.1, 0.15) is 13.3 Å². The Morgan fingerprint density at radius 3 is 2.68 bits per heavy atom. The summed E-state index contributed by atoms with van der Waals surface area (Å²) in [5, 5.41) is 11.7. The molecule has 1 saturated heterocycles. The number of urea groups is 1. The van der Waals surface area contributed by atoms with E-state index in [1.807, 2.05) is 20.2 Å². The Morgan fingerprint density at radius 1 is 1.47 bits per heavy atom. The molecule has 2 atom stereocenters. The topological polar surface area (TPSA) is 72.9 Å². The van der Waals surface area contributed by atoms with Crippen LogP contribution in [0.4, 0.5) is 4.79 Å². The number of piperazine rings is 1. The fourth-order valence-corrected chi connectivity index (χ4v) is 2.64. The molecule has 0 aliphatic carbocycles. The minimum absolute atomic E-state index is 0.105. The predicted molar refractivity (Wildman–Crippen MR) is 76.6 cm³/mol. The first-order chi connectivity index (χ1) is 8.95. The minimum atomic E-state index is -0.968. The van der Waals surface area contributed by atoms with Crippen molar-refractivity contribution in [3.05, 3.63) is 0 Å². The van der Waals surface area contributed by atoms with E-state index in [4.69, 9.17) is 5.11 Å². The summed E-state index contributed by atoms with van der Waals surface area (Å²) in [5.41, 5.74) is 0. The number of carbonyl (C=O) groups is 2. The SMILES string of the molecule is CSCC[C@H](NC(=O)N1CCN(C)CC1C)C(=O)O. The van der Waals surface area contributed by atoms with Crippen molar-refractivity contribution in [2.45, 2.75) is 25.4 Å². The van der Waals surface area contributed by atoms with E-state index in [2.05, 4.69) is 10.2 Å². The Kier molecular flexibility index (Phi) is 6.44. The Hall–Kier alpha value is -0.950. The van der Waals surface area contributed by atoms with E-state index in [0.29, 0.717) is 13.0 Å². The van der Waals surface area contributed by atoms with Gasteiger partial charge in [-0.25, -0.2) is 9.59 Å². The number of aliphatic carboxylic acids is 1. The van der Waals surface area contributed by atoms with Gasteiger partial charge in [-0.2, -0.15) is 11.8 Å². The second kappa shape index (κ2) is 7.59. The molecular weight excluding hydrogens is 266 g/mol. The molecule has 7 heteroatoms. The van der Waals surface area contributed by atoms with Crippen molar-refractivity contribution in [2.24, 2.45) is 0 Å². The molecule has 0 saturated carbocycles. The number of hydrogen-bond donors (Lipinski definition) is 2. The largest absolute Gasteiger partial charge is 0.480 e. The highest BCUT2D eigenvalue weighted by Gasteiger charge is 2.28. The highest BCUT2D eigenvalue weighted by molar-refractivity contribution is 7.98. The Labute approximate surface area is 118 Å². The monoisotopic (exact) mass is 289 g/mol. The van der Waals surface area contributed by atoms with Gasteiger partial charge in [0.25, 0.3) is 0 Å². The molecule has 110 valence electrons. The lowest BCUT2D eigenvalue weighted by atomic mass is 10.2. The zero-order chi connectivity index (χ0) is 14.4. The maximum Gasteiger partial charge on any atom is 0.326 e. The molecule has 2 amide bonds. The molecule has 2 N–H and O–H groups in total. The van der Waals surface area contributed by atoms with E-state index < -0.39 is 12.0 Å². The van der Waals surface area contributed by atoms with Crippen LogP contribution in [0.25, 0.3) is 0 Å². The van der Waals surface area contributed by atoms with Gasteiger partial charge >= 0.3 is 12.0 Å². The molecule has 1 aliphatic heterocycles. The summed E-state index contributed by atoms with van der Waals surface area (Å²) in [5.74, 6) is -0.251. The highest BCUT2D eigenvalue weighted by atomic mass is 32.2. The molecule has 0 spiro atoms. The summed E-state index contributed by atoms with van der Waals surface area (Å²) < 4.78 is 0. The molecule has 1 unspecified atom stereocenters. The number of carbonyl (C=O) groups excluding carboxylic acids is 1. The number of hydrogen-bond acceptors (Lipinski definition) is 4. The van der Waals surface area contributed by atoms with E-state index >= 15 is 0 Å². The van der Waals surface area contributed by atoms with Crippen molar-refractivity contribution >= 4 is 23.8 Å². The fraction of sp³-hybridized carbons (Fsp3) is 0.833. The average molecular weight is 289 g/mol. The van der Waals surface area contributed by atoms with Crippen LogP contribution in [-0.2, 0) is 4.79 Å². The number of nitrogens with one attached hydrogen (secondary N) is 1. The summed E-state index contributed by atoms with van der Waals surface area (Å²) in [4.78, 5) is 27.1. The van der Waals surface area contributed by atoms with Crippen molar-refractivity contribution in [3.8, 4) is 0 Å². The number of carboxylic acids is 1. The van der Waals surface area contributed by atoms with Gasteiger partial charge in [-0.1, -0.05) is 0 Å². The number of rotatable bonds is 5. The summed E-state index contributed by atoms with van der Waals surface area (Å²) >= 11 is 1.58. The number of amides is 2. The standard InChI is InChI=1S/C12H23N3O3S/c1-9-8-14(2)5-6-15(9)12(18)13-10(11(16)17)4-7-19-3/h9-10H,4-8H2,1-3H3,(H,13,18)(H,16,17)/t9?,10-/m0/s1. The number of thioether (sulfide) groups is 1. The lowest BCUT2D eigenvalue weighted by molar-refractivity contribution is -0.139. The molecule has 1 heterocycles. The van der Waals surface area contributed by atoms with Crippen LogP contribution < -0.4 is 5.32 Å². The molecule has 1 aliphatic rings. The number of likely N-dealkylation sites (N-methyl/N-ethyl adjacent to an activating group) is 1. The summed E-state index contributed by atoms with van der Waals surface area (Å²) in [6.45, 7) is 4.25. The van der Waals surface area contributed by atoms with Crippen molar-refractivity contribution < 1.29 is 14.7 Å².